The summed E-state index contributed by atoms with van der Waals surface area (Å²) < 4.78 is 7.20. The molecule has 3 rings (SSSR count). The van der Waals surface area contributed by atoms with Crippen LogP contribution >= 0.6 is 35.0 Å². The van der Waals surface area contributed by atoms with E-state index in [2.05, 4.69) is 10.3 Å². The van der Waals surface area contributed by atoms with Gasteiger partial charge >= 0.3 is 0 Å². The number of thioether (sulfide) groups is 1. The lowest BCUT2D eigenvalue weighted by atomic mass is 10.2. The molecule has 0 fully saturated rings. The topological polar surface area (TPSA) is 73.2 Å². The van der Waals surface area contributed by atoms with Crippen LogP contribution in [-0.2, 0) is 16.1 Å². The third-order valence-corrected chi connectivity index (χ3v) is 5.87. The highest BCUT2D eigenvalue weighted by Gasteiger charge is 2.14. The fraction of sp³-hybridized carbons (Fsp3) is 0.318. The van der Waals surface area contributed by atoms with E-state index in [0.29, 0.717) is 51.4 Å². The average Bonchev–Trinajstić information content (AvgIpc) is 2.73. The van der Waals surface area contributed by atoms with Gasteiger partial charge in [-0.05, 0) is 50.6 Å². The lowest BCUT2D eigenvalue weighted by molar-refractivity contribution is -0.113. The van der Waals surface area contributed by atoms with Gasteiger partial charge in [0.15, 0.2) is 5.16 Å². The van der Waals surface area contributed by atoms with Gasteiger partial charge in [-0.15, -0.1) is 0 Å². The second-order valence-corrected chi connectivity index (χ2v) is 8.89. The van der Waals surface area contributed by atoms with Crippen molar-refractivity contribution in [2.45, 2.75) is 38.1 Å². The van der Waals surface area contributed by atoms with Gasteiger partial charge in [0.1, 0.15) is 0 Å². The van der Waals surface area contributed by atoms with Gasteiger partial charge in [-0.2, -0.15) is 0 Å². The van der Waals surface area contributed by atoms with Crippen molar-refractivity contribution in [1.29, 1.82) is 0 Å². The SMILES string of the molecule is CC(C)OCCCn1c(SCC(=O)Nc2ccc(Cl)cc2Cl)nc2ccccc2c1=O. The summed E-state index contributed by atoms with van der Waals surface area (Å²) in [6.45, 7) is 4.93. The highest BCUT2D eigenvalue weighted by atomic mass is 35.5. The number of nitrogens with zero attached hydrogens (tertiary/aromatic N) is 2. The molecule has 1 N–H and O–H groups in total. The predicted octanol–water partition coefficient (Wildman–Crippen LogP) is 5.25. The molecule has 6 nitrogen and oxygen atoms in total. The van der Waals surface area contributed by atoms with Crippen molar-refractivity contribution >= 4 is 57.5 Å². The van der Waals surface area contributed by atoms with Gasteiger partial charge in [0.25, 0.3) is 5.56 Å². The summed E-state index contributed by atoms with van der Waals surface area (Å²) in [5.41, 5.74) is 0.955. The first kappa shape index (κ1) is 23.6. The minimum atomic E-state index is -0.258. The molecule has 1 aromatic heterocycles. The first-order valence-electron chi connectivity index (χ1n) is 9.84. The number of hydrogen-bond donors (Lipinski definition) is 1. The number of benzene rings is 2. The second kappa shape index (κ2) is 11.0. The molecule has 3 aromatic rings. The first-order valence-corrected chi connectivity index (χ1v) is 11.6. The van der Waals surface area contributed by atoms with E-state index < -0.39 is 0 Å². The lowest BCUT2D eigenvalue weighted by Gasteiger charge is -2.14. The molecule has 0 bridgehead atoms. The van der Waals surface area contributed by atoms with Crippen molar-refractivity contribution in [2.24, 2.45) is 0 Å². The molecule has 164 valence electrons. The summed E-state index contributed by atoms with van der Waals surface area (Å²) in [6, 6.07) is 12.1. The van der Waals surface area contributed by atoms with Crippen LogP contribution in [0.3, 0.4) is 0 Å². The van der Waals surface area contributed by atoms with Gasteiger partial charge < -0.3 is 10.1 Å². The Kier molecular flexibility index (Phi) is 8.37. The average molecular weight is 480 g/mol. The van der Waals surface area contributed by atoms with Crippen LogP contribution < -0.4 is 10.9 Å². The van der Waals surface area contributed by atoms with Crippen LogP contribution in [0.2, 0.25) is 10.0 Å². The van der Waals surface area contributed by atoms with E-state index in [1.165, 1.54) is 11.8 Å². The molecule has 0 aliphatic heterocycles. The van der Waals surface area contributed by atoms with Gasteiger partial charge in [-0.25, -0.2) is 4.98 Å². The standard InChI is InChI=1S/C22H23Cl2N3O3S/c1-14(2)30-11-5-10-27-21(29)16-6-3-4-7-18(16)26-22(27)31-13-20(28)25-19-9-8-15(23)12-17(19)24/h3-4,6-9,12,14H,5,10-11,13H2,1-2H3,(H,25,28). The lowest BCUT2D eigenvalue weighted by Crippen LogP contribution is -2.25. The predicted molar refractivity (Wildman–Crippen MR) is 128 cm³/mol. The molecule has 31 heavy (non-hydrogen) atoms. The van der Waals surface area contributed by atoms with Crippen LogP contribution in [-0.4, -0.2) is 33.9 Å². The maximum atomic E-state index is 13.0. The first-order chi connectivity index (χ1) is 14.8. The Morgan fingerprint density at radius 1 is 1.23 bits per heavy atom. The maximum Gasteiger partial charge on any atom is 0.262 e. The fourth-order valence-corrected chi connectivity index (χ4v) is 4.18. The smallest absolute Gasteiger partial charge is 0.262 e. The third-order valence-electron chi connectivity index (χ3n) is 4.34. The van der Waals surface area contributed by atoms with Crippen LogP contribution in [0.25, 0.3) is 10.9 Å². The zero-order valence-electron chi connectivity index (χ0n) is 17.2. The number of para-hydroxylation sites is 1. The zero-order valence-corrected chi connectivity index (χ0v) is 19.6. The Labute approximate surface area is 194 Å². The van der Waals surface area contributed by atoms with Gasteiger partial charge in [0.2, 0.25) is 5.91 Å². The normalized spacial score (nSPS) is 11.3. The number of carbonyl (C=O) groups excluding carboxylic acids is 1. The zero-order chi connectivity index (χ0) is 22.4. The number of fused-ring (bicyclic) bond motifs is 1. The maximum absolute atomic E-state index is 13.0. The Bertz CT molecular complexity index is 1130. The number of carbonyl (C=O) groups is 1. The van der Waals surface area contributed by atoms with E-state index in [4.69, 9.17) is 27.9 Å². The number of hydrogen-bond acceptors (Lipinski definition) is 5. The summed E-state index contributed by atoms with van der Waals surface area (Å²) in [5, 5.41) is 4.65. The molecule has 0 aliphatic rings. The molecule has 0 unspecified atom stereocenters. The molecule has 1 amide bonds. The van der Waals surface area contributed by atoms with E-state index in [0.717, 1.165) is 0 Å². The number of amides is 1. The summed E-state index contributed by atoms with van der Waals surface area (Å²) in [6.07, 6.45) is 0.793. The molecule has 0 saturated carbocycles. The van der Waals surface area contributed by atoms with E-state index in [-0.39, 0.29) is 23.3 Å². The molecular weight excluding hydrogens is 457 g/mol. The highest BCUT2D eigenvalue weighted by molar-refractivity contribution is 7.99. The largest absolute Gasteiger partial charge is 0.379 e. The van der Waals surface area contributed by atoms with E-state index in [1.807, 2.05) is 26.0 Å². The Hall–Kier alpha value is -2.06. The van der Waals surface area contributed by atoms with Crippen molar-refractivity contribution in [3.63, 3.8) is 0 Å². The Balaban J connectivity index is 1.76. The number of aromatic nitrogens is 2. The van der Waals surface area contributed by atoms with Gasteiger partial charge in [0.05, 0.1) is 33.5 Å². The van der Waals surface area contributed by atoms with E-state index in [1.54, 1.807) is 34.9 Å². The monoisotopic (exact) mass is 479 g/mol. The van der Waals surface area contributed by atoms with Crippen LogP contribution in [0.1, 0.15) is 20.3 Å². The molecule has 0 radical (unpaired) electrons. The summed E-state index contributed by atoms with van der Waals surface area (Å²) in [7, 11) is 0. The molecule has 2 aromatic carbocycles. The molecule has 0 saturated heterocycles. The highest BCUT2D eigenvalue weighted by Crippen LogP contribution is 2.26. The van der Waals surface area contributed by atoms with E-state index in [9.17, 15) is 9.59 Å². The van der Waals surface area contributed by atoms with Crippen LogP contribution in [0.4, 0.5) is 5.69 Å². The van der Waals surface area contributed by atoms with Gasteiger partial charge in [0, 0.05) is 18.2 Å². The van der Waals surface area contributed by atoms with Crippen molar-refractivity contribution in [3.05, 3.63) is 62.9 Å². The fourth-order valence-electron chi connectivity index (χ4n) is 2.90. The van der Waals surface area contributed by atoms with Crippen molar-refractivity contribution in [3.8, 4) is 0 Å². The number of halogens is 2. The van der Waals surface area contributed by atoms with Crippen molar-refractivity contribution in [1.82, 2.24) is 9.55 Å². The van der Waals surface area contributed by atoms with Crippen molar-refractivity contribution < 1.29 is 9.53 Å². The molecular formula is C22H23Cl2N3O3S. The van der Waals surface area contributed by atoms with Crippen LogP contribution in [0.5, 0.6) is 0 Å². The molecule has 0 aliphatic carbocycles. The minimum Gasteiger partial charge on any atom is -0.379 e. The van der Waals surface area contributed by atoms with Crippen LogP contribution in [0, 0.1) is 0 Å². The minimum absolute atomic E-state index is 0.0756. The second-order valence-electron chi connectivity index (χ2n) is 7.10. The summed E-state index contributed by atoms with van der Waals surface area (Å²) in [5.74, 6) is -0.182. The molecule has 0 spiro atoms. The molecule has 0 atom stereocenters. The molecule has 1 heterocycles. The number of rotatable bonds is 9. The van der Waals surface area contributed by atoms with Gasteiger partial charge in [-0.3, -0.25) is 14.2 Å². The number of ether oxygens (including phenoxy) is 1. The quantitative estimate of drug-likeness (QED) is 0.257. The van der Waals surface area contributed by atoms with Crippen molar-refractivity contribution in [2.75, 3.05) is 17.7 Å². The Morgan fingerprint density at radius 3 is 2.74 bits per heavy atom. The number of anilines is 1. The van der Waals surface area contributed by atoms with E-state index >= 15 is 0 Å². The van der Waals surface area contributed by atoms with Gasteiger partial charge in [-0.1, -0.05) is 47.1 Å². The Morgan fingerprint density at radius 2 is 2.00 bits per heavy atom. The molecule has 9 heteroatoms. The summed E-state index contributed by atoms with van der Waals surface area (Å²) >= 11 is 13.2. The van der Waals surface area contributed by atoms with Crippen LogP contribution in [0.15, 0.2) is 52.4 Å². The number of nitrogens with one attached hydrogen (secondary N) is 1. The third kappa shape index (κ3) is 6.46. The summed E-state index contributed by atoms with van der Waals surface area (Å²) in [4.78, 5) is 30.1.